The molecule has 0 bridgehead atoms. The van der Waals surface area contributed by atoms with Gasteiger partial charge in [-0.2, -0.15) is 4.31 Å². The SMILES string of the molecule is O=S(=O)(c1cnccc1Cl)N1CC[C@@H](O)C1. The highest BCUT2D eigenvalue weighted by molar-refractivity contribution is 7.89. The van der Waals surface area contributed by atoms with Crippen LogP contribution in [0.2, 0.25) is 5.02 Å². The number of pyridine rings is 1. The van der Waals surface area contributed by atoms with Gasteiger partial charge in [-0.15, -0.1) is 0 Å². The zero-order chi connectivity index (χ0) is 11.8. The summed E-state index contributed by atoms with van der Waals surface area (Å²) in [6, 6.07) is 1.43. The summed E-state index contributed by atoms with van der Waals surface area (Å²) in [6.45, 7) is 0.433. The van der Waals surface area contributed by atoms with Crippen molar-refractivity contribution in [2.45, 2.75) is 17.4 Å². The lowest BCUT2D eigenvalue weighted by Crippen LogP contribution is -2.30. The smallest absolute Gasteiger partial charge is 0.246 e. The molecule has 0 unspecified atom stereocenters. The van der Waals surface area contributed by atoms with Crippen LogP contribution in [0.25, 0.3) is 0 Å². The molecule has 0 radical (unpaired) electrons. The third-order valence-corrected chi connectivity index (χ3v) is 4.81. The highest BCUT2D eigenvalue weighted by Gasteiger charge is 2.32. The van der Waals surface area contributed by atoms with Crippen LogP contribution in [-0.4, -0.2) is 42.0 Å². The van der Waals surface area contributed by atoms with Crippen LogP contribution in [0.15, 0.2) is 23.4 Å². The van der Waals surface area contributed by atoms with Gasteiger partial charge in [-0.3, -0.25) is 4.98 Å². The van der Waals surface area contributed by atoms with Crippen LogP contribution in [-0.2, 0) is 10.0 Å². The fourth-order valence-corrected chi connectivity index (χ4v) is 3.52. The Balaban J connectivity index is 2.36. The van der Waals surface area contributed by atoms with Gasteiger partial charge in [0.2, 0.25) is 10.0 Å². The van der Waals surface area contributed by atoms with Crippen molar-refractivity contribution < 1.29 is 13.5 Å². The molecule has 5 nitrogen and oxygen atoms in total. The molecule has 1 atom stereocenters. The van der Waals surface area contributed by atoms with Crippen LogP contribution in [0.3, 0.4) is 0 Å². The number of rotatable bonds is 2. The van der Waals surface area contributed by atoms with E-state index < -0.39 is 16.1 Å². The van der Waals surface area contributed by atoms with Crippen molar-refractivity contribution in [2.75, 3.05) is 13.1 Å². The molecular formula is C9H11ClN2O3S. The number of aliphatic hydroxyl groups is 1. The van der Waals surface area contributed by atoms with E-state index in [9.17, 15) is 13.5 Å². The second kappa shape index (κ2) is 4.29. The van der Waals surface area contributed by atoms with Crippen molar-refractivity contribution in [2.24, 2.45) is 0 Å². The number of nitrogens with zero attached hydrogens (tertiary/aromatic N) is 2. The molecule has 88 valence electrons. The van der Waals surface area contributed by atoms with E-state index in [2.05, 4.69) is 4.98 Å². The maximum absolute atomic E-state index is 12.1. The largest absolute Gasteiger partial charge is 0.392 e. The minimum atomic E-state index is -3.62. The summed E-state index contributed by atoms with van der Waals surface area (Å²) in [4.78, 5) is 3.74. The summed E-state index contributed by atoms with van der Waals surface area (Å²) in [5.74, 6) is 0. The van der Waals surface area contributed by atoms with Crippen LogP contribution < -0.4 is 0 Å². The summed E-state index contributed by atoms with van der Waals surface area (Å²) in [6.07, 6.45) is 2.52. The highest BCUT2D eigenvalue weighted by atomic mass is 35.5. The summed E-state index contributed by atoms with van der Waals surface area (Å²) in [5.41, 5.74) is 0. The molecular weight excluding hydrogens is 252 g/mol. The van der Waals surface area contributed by atoms with Crippen LogP contribution in [0.5, 0.6) is 0 Å². The zero-order valence-corrected chi connectivity index (χ0v) is 9.95. The number of hydrogen-bond donors (Lipinski definition) is 1. The van der Waals surface area contributed by atoms with Gasteiger partial charge in [-0.25, -0.2) is 8.42 Å². The zero-order valence-electron chi connectivity index (χ0n) is 8.38. The molecule has 0 saturated carbocycles. The molecule has 2 heterocycles. The molecule has 0 spiro atoms. The van der Waals surface area contributed by atoms with Crippen LogP contribution in [0.1, 0.15) is 6.42 Å². The lowest BCUT2D eigenvalue weighted by atomic mass is 10.3. The second-order valence-corrected chi connectivity index (χ2v) is 5.93. The Morgan fingerprint density at radius 1 is 1.56 bits per heavy atom. The Labute approximate surface area is 98.7 Å². The summed E-state index contributed by atoms with van der Waals surface area (Å²) in [5, 5.41) is 9.47. The van der Waals surface area contributed by atoms with Gasteiger partial charge in [0.1, 0.15) is 4.90 Å². The number of halogens is 1. The predicted octanol–water partition coefficient (Wildman–Crippen LogP) is 0.490. The van der Waals surface area contributed by atoms with Gasteiger partial charge in [0.15, 0.2) is 0 Å². The van der Waals surface area contributed by atoms with Crippen molar-refractivity contribution in [3.8, 4) is 0 Å². The van der Waals surface area contributed by atoms with Crippen LogP contribution >= 0.6 is 11.6 Å². The minimum Gasteiger partial charge on any atom is -0.392 e. The van der Waals surface area contributed by atoms with Gasteiger partial charge in [-0.05, 0) is 12.5 Å². The first-order chi connectivity index (χ1) is 7.51. The van der Waals surface area contributed by atoms with E-state index in [-0.39, 0.29) is 16.5 Å². The molecule has 1 aromatic rings. The molecule has 0 aromatic carbocycles. The van der Waals surface area contributed by atoms with Crippen molar-refractivity contribution in [1.82, 2.24) is 9.29 Å². The van der Waals surface area contributed by atoms with E-state index in [1.54, 1.807) is 0 Å². The van der Waals surface area contributed by atoms with Gasteiger partial charge in [0.05, 0.1) is 11.1 Å². The van der Waals surface area contributed by atoms with E-state index >= 15 is 0 Å². The molecule has 7 heteroatoms. The summed E-state index contributed by atoms with van der Waals surface area (Å²) >= 11 is 5.82. The van der Waals surface area contributed by atoms with Crippen molar-refractivity contribution in [3.05, 3.63) is 23.5 Å². The first-order valence-electron chi connectivity index (χ1n) is 4.79. The van der Waals surface area contributed by atoms with Crippen molar-refractivity contribution in [1.29, 1.82) is 0 Å². The van der Waals surface area contributed by atoms with Gasteiger partial charge >= 0.3 is 0 Å². The average Bonchev–Trinajstić information content (AvgIpc) is 2.66. The average molecular weight is 263 g/mol. The third-order valence-electron chi connectivity index (χ3n) is 2.48. The molecule has 0 aliphatic carbocycles. The number of sulfonamides is 1. The van der Waals surface area contributed by atoms with Gasteiger partial charge < -0.3 is 5.11 Å². The molecule has 2 rings (SSSR count). The number of hydrogen-bond acceptors (Lipinski definition) is 4. The molecule has 16 heavy (non-hydrogen) atoms. The first-order valence-corrected chi connectivity index (χ1v) is 6.61. The second-order valence-electron chi connectivity index (χ2n) is 3.61. The molecule has 1 aliphatic heterocycles. The lowest BCUT2D eigenvalue weighted by molar-refractivity contribution is 0.189. The quantitative estimate of drug-likeness (QED) is 0.842. The minimum absolute atomic E-state index is 0.00855. The number of β-amino-alcohol motifs (C(OH)–C–C–N with tert-alkyl or cyclic N) is 1. The fourth-order valence-electron chi connectivity index (χ4n) is 1.62. The maximum Gasteiger partial charge on any atom is 0.246 e. The topological polar surface area (TPSA) is 70.5 Å². The Kier molecular flexibility index (Phi) is 3.16. The normalized spacial score (nSPS) is 22.5. The lowest BCUT2D eigenvalue weighted by Gasteiger charge is -2.15. The Morgan fingerprint density at radius 2 is 2.31 bits per heavy atom. The van der Waals surface area contributed by atoms with E-state index in [0.717, 1.165) is 0 Å². The predicted molar refractivity (Wildman–Crippen MR) is 58.6 cm³/mol. The number of aromatic nitrogens is 1. The highest BCUT2D eigenvalue weighted by Crippen LogP contribution is 2.25. The Hall–Kier alpha value is -0.690. The summed E-state index contributed by atoms with van der Waals surface area (Å²) in [7, 11) is -3.62. The van der Waals surface area contributed by atoms with E-state index in [4.69, 9.17) is 11.6 Å². The molecule has 1 aromatic heterocycles. The summed E-state index contributed by atoms with van der Waals surface area (Å²) < 4.78 is 25.4. The Morgan fingerprint density at radius 3 is 2.88 bits per heavy atom. The monoisotopic (exact) mass is 262 g/mol. The molecule has 1 N–H and O–H groups in total. The van der Waals surface area contributed by atoms with Crippen molar-refractivity contribution >= 4 is 21.6 Å². The molecule has 1 saturated heterocycles. The van der Waals surface area contributed by atoms with Gasteiger partial charge in [0.25, 0.3) is 0 Å². The van der Waals surface area contributed by atoms with E-state index in [1.807, 2.05) is 0 Å². The molecule has 1 fully saturated rings. The third kappa shape index (κ3) is 2.06. The van der Waals surface area contributed by atoms with E-state index in [1.165, 1.54) is 22.8 Å². The maximum atomic E-state index is 12.1. The standard InChI is InChI=1S/C9H11ClN2O3S/c10-8-1-3-11-5-9(8)16(14,15)12-4-2-7(13)6-12/h1,3,5,7,13H,2,4,6H2/t7-/m1/s1. The van der Waals surface area contributed by atoms with E-state index in [0.29, 0.717) is 13.0 Å². The van der Waals surface area contributed by atoms with Gasteiger partial charge in [-0.1, -0.05) is 11.6 Å². The first kappa shape index (κ1) is 11.8. The fraction of sp³-hybridized carbons (Fsp3) is 0.444. The van der Waals surface area contributed by atoms with Gasteiger partial charge in [0, 0.05) is 25.5 Å². The molecule has 1 aliphatic rings. The Bertz CT molecular complexity index is 491. The van der Waals surface area contributed by atoms with Crippen LogP contribution in [0, 0.1) is 0 Å². The van der Waals surface area contributed by atoms with Crippen LogP contribution in [0.4, 0.5) is 0 Å². The van der Waals surface area contributed by atoms with Crippen molar-refractivity contribution in [3.63, 3.8) is 0 Å². The molecule has 0 amide bonds. The number of aliphatic hydroxyl groups excluding tert-OH is 1.